The molecule has 0 aromatic heterocycles. The van der Waals surface area contributed by atoms with Crippen LogP contribution in [0.25, 0.3) is 0 Å². The zero-order valence-electron chi connectivity index (χ0n) is 9.12. The van der Waals surface area contributed by atoms with Crippen LogP contribution >= 0.6 is 0 Å². The maximum Gasteiger partial charge on any atom is 0.379 e. The SMILES string of the molecule is CCOC(=O)C(F)(F)C(N)c1cccc(F)c1. The molecule has 17 heavy (non-hydrogen) atoms. The summed E-state index contributed by atoms with van der Waals surface area (Å²) in [4.78, 5) is 11.0. The van der Waals surface area contributed by atoms with Crippen molar-refractivity contribution < 1.29 is 22.7 Å². The van der Waals surface area contributed by atoms with E-state index in [0.717, 1.165) is 12.1 Å². The second-order valence-electron chi connectivity index (χ2n) is 3.38. The highest BCUT2D eigenvalue weighted by Gasteiger charge is 2.47. The quantitative estimate of drug-likeness (QED) is 0.828. The van der Waals surface area contributed by atoms with Crippen molar-refractivity contribution in [3.05, 3.63) is 35.6 Å². The first-order valence-corrected chi connectivity index (χ1v) is 4.95. The van der Waals surface area contributed by atoms with Gasteiger partial charge in [-0.2, -0.15) is 8.78 Å². The van der Waals surface area contributed by atoms with Crippen LogP contribution in [-0.2, 0) is 9.53 Å². The third-order valence-corrected chi connectivity index (χ3v) is 2.15. The Labute approximate surface area is 96.4 Å². The van der Waals surface area contributed by atoms with Crippen LogP contribution in [0.3, 0.4) is 0 Å². The van der Waals surface area contributed by atoms with Gasteiger partial charge >= 0.3 is 11.9 Å². The molecule has 1 atom stereocenters. The lowest BCUT2D eigenvalue weighted by molar-refractivity contribution is -0.174. The first-order chi connectivity index (χ1) is 7.89. The number of ether oxygens (including phenoxy) is 1. The molecule has 0 heterocycles. The Morgan fingerprint density at radius 2 is 2.18 bits per heavy atom. The number of hydrogen-bond donors (Lipinski definition) is 1. The summed E-state index contributed by atoms with van der Waals surface area (Å²) >= 11 is 0. The Morgan fingerprint density at radius 3 is 2.71 bits per heavy atom. The molecule has 0 aliphatic rings. The van der Waals surface area contributed by atoms with Gasteiger partial charge in [-0.3, -0.25) is 0 Å². The number of carbonyl (C=O) groups excluding carboxylic acids is 1. The second kappa shape index (κ2) is 5.18. The standard InChI is InChI=1S/C11H12F3NO2/c1-2-17-10(16)11(13,14)9(15)7-4-3-5-8(12)6-7/h3-6,9H,2,15H2,1H3. The summed E-state index contributed by atoms with van der Waals surface area (Å²) in [5.41, 5.74) is 5.09. The minimum atomic E-state index is -3.89. The molecule has 1 aromatic rings. The van der Waals surface area contributed by atoms with Gasteiger partial charge in [0.25, 0.3) is 0 Å². The van der Waals surface area contributed by atoms with Crippen molar-refractivity contribution in [1.29, 1.82) is 0 Å². The number of nitrogens with two attached hydrogens (primary N) is 1. The van der Waals surface area contributed by atoms with E-state index in [1.807, 2.05) is 0 Å². The van der Waals surface area contributed by atoms with Gasteiger partial charge in [0, 0.05) is 0 Å². The van der Waals surface area contributed by atoms with Crippen LogP contribution in [0.5, 0.6) is 0 Å². The number of alkyl halides is 2. The molecule has 0 bridgehead atoms. The molecule has 0 spiro atoms. The fourth-order valence-corrected chi connectivity index (χ4v) is 1.26. The van der Waals surface area contributed by atoms with Crippen molar-refractivity contribution in [3.63, 3.8) is 0 Å². The number of hydrogen-bond acceptors (Lipinski definition) is 3. The first-order valence-electron chi connectivity index (χ1n) is 4.95. The zero-order valence-corrected chi connectivity index (χ0v) is 9.12. The van der Waals surface area contributed by atoms with E-state index < -0.39 is 23.8 Å². The van der Waals surface area contributed by atoms with Crippen molar-refractivity contribution in [3.8, 4) is 0 Å². The number of benzene rings is 1. The van der Waals surface area contributed by atoms with E-state index in [4.69, 9.17) is 5.73 Å². The Morgan fingerprint density at radius 1 is 1.53 bits per heavy atom. The van der Waals surface area contributed by atoms with E-state index in [1.165, 1.54) is 19.1 Å². The van der Waals surface area contributed by atoms with E-state index in [2.05, 4.69) is 4.74 Å². The molecule has 2 N–H and O–H groups in total. The van der Waals surface area contributed by atoms with Crippen LogP contribution in [0.4, 0.5) is 13.2 Å². The van der Waals surface area contributed by atoms with E-state index in [1.54, 1.807) is 0 Å². The average Bonchev–Trinajstić information content (AvgIpc) is 2.28. The topological polar surface area (TPSA) is 52.3 Å². The molecule has 0 saturated heterocycles. The summed E-state index contributed by atoms with van der Waals surface area (Å²) in [5, 5.41) is 0. The van der Waals surface area contributed by atoms with Gasteiger partial charge in [-0.25, -0.2) is 9.18 Å². The average molecular weight is 247 g/mol. The molecule has 1 unspecified atom stereocenters. The highest BCUT2D eigenvalue weighted by atomic mass is 19.3. The van der Waals surface area contributed by atoms with E-state index in [0.29, 0.717) is 0 Å². The van der Waals surface area contributed by atoms with Crippen LogP contribution in [0, 0.1) is 5.82 Å². The van der Waals surface area contributed by atoms with Gasteiger partial charge in [-0.1, -0.05) is 12.1 Å². The monoisotopic (exact) mass is 247 g/mol. The maximum atomic E-state index is 13.5. The van der Waals surface area contributed by atoms with Crippen LogP contribution in [0.1, 0.15) is 18.5 Å². The zero-order chi connectivity index (χ0) is 13.1. The summed E-state index contributed by atoms with van der Waals surface area (Å²) in [5.74, 6) is -6.29. The lowest BCUT2D eigenvalue weighted by Gasteiger charge is -2.21. The highest BCUT2D eigenvalue weighted by Crippen LogP contribution is 2.30. The molecule has 3 nitrogen and oxygen atoms in total. The maximum absolute atomic E-state index is 13.5. The fourth-order valence-electron chi connectivity index (χ4n) is 1.26. The lowest BCUT2D eigenvalue weighted by Crippen LogP contribution is -2.41. The summed E-state index contributed by atoms with van der Waals surface area (Å²) in [6, 6.07) is 2.49. The molecule has 0 aliphatic carbocycles. The minimum absolute atomic E-state index is 0.164. The van der Waals surface area contributed by atoms with Crippen molar-refractivity contribution >= 4 is 5.97 Å². The van der Waals surface area contributed by atoms with Gasteiger partial charge < -0.3 is 10.5 Å². The molecule has 0 radical (unpaired) electrons. The molecular formula is C11H12F3NO2. The number of esters is 1. The van der Waals surface area contributed by atoms with Gasteiger partial charge in [0.15, 0.2) is 0 Å². The van der Waals surface area contributed by atoms with E-state index >= 15 is 0 Å². The van der Waals surface area contributed by atoms with Gasteiger partial charge in [0.1, 0.15) is 11.9 Å². The molecule has 0 amide bonds. The summed E-state index contributed by atoms with van der Waals surface area (Å²) < 4.78 is 44.1. The van der Waals surface area contributed by atoms with E-state index in [9.17, 15) is 18.0 Å². The molecule has 0 aliphatic heterocycles. The molecular weight excluding hydrogens is 235 g/mol. The normalized spacial score (nSPS) is 13.2. The van der Waals surface area contributed by atoms with Crippen LogP contribution < -0.4 is 5.73 Å². The molecule has 94 valence electrons. The fraction of sp³-hybridized carbons (Fsp3) is 0.364. The largest absolute Gasteiger partial charge is 0.462 e. The van der Waals surface area contributed by atoms with Gasteiger partial charge in [-0.15, -0.1) is 0 Å². The number of carbonyl (C=O) groups is 1. The Balaban J connectivity index is 2.95. The van der Waals surface area contributed by atoms with Gasteiger partial charge in [0.2, 0.25) is 0 Å². The Kier molecular flexibility index (Phi) is 4.11. The van der Waals surface area contributed by atoms with Crippen LogP contribution in [-0.4, -0.2) is 18.5 Å². The highest BCUT2D eigenvalue weighted by molar-refractivity contribution is 5.78. The van der Waals surface area contributed by atoms with Crippen molar-refractivity contribution in [2.75, 3.05) is 6.61 Å². The number of halogens is 3. The third kappa shape index (κ3) is 2.97. The van der Waals surface area contributed by atoms with Gasteiger partial charge in [-0.05, 0) is 24.6 Å². The summed E-state index contributed by atoms with van der Waals surface area (Å²) in [7, 11) is 0. The predicted molar refractivity (Wildman–Crippen MR) is 54.9 cm³/mol. The molecule has 1 aromatic carbocycles. The van der Waals surface area contributed by atoms with Crippen molar-refractivity contribution in [1.82, 2.24) is 0 Å². The van der Waals surface area contributed by atoms with E-state index in [-0.39, 0.29) is 12.2 Å². The number of rotatable bonds is 4. The van der Waals surface area contributed by atoms with Crippen molar-refractivity contribution in [2.45, 2.75) is 18.9 Å². The summed E-state index contributed by atoms with van der Waals surface area (Å²) in [6.07, 6.45) is 0. The second-order valence-corrected chi connectivity index (χ2v) is 3.38. The molecule has 6 heteroatoms. The minimum Gasteiger partial charge on any atom is -0.462 e. The van der Waals surface area contributed by atoms with Crippen LogP contribution in [0.2, 0.25) is 0 Å². The van der Waals surface area contributed by atoms with Gasteiger partial charge in [0.05, 0.1) is 6.61 Å². The molecule has 1 rings (SSSR count). The molecule has 0 saturated carbocycles. The summed E-state index contributed by atoms with van der Waals surface area (Å²) in [6.45, 7) is 1.23. The lowest BCUT2D eigenvalue weighted by atomic mass is 10.0. The molecule has 0 fully saturated rings. The smallest absolute Gasteiger partial charge is 0.379 e. The Hall–Kier alpha value is -1.56. The predicted octanol–water partition coefficient (Wildman–Crippen LogP) is 2.02. The first kappa shape index (κ1) is 13.5. The Bertz CT molecular complexity index is 409. The third-order valence-electron chi connectivity index (χ3n) is 2.15. The van der Waals surface area contributed by atoms with Crippen LogP contribution in [0.15, 0.2) is 24.3 Å². The van der Waals surface area contributed by atoms with Crippen molar-refractivity contribution in [2.24, 2.45) is 5.73 Å².